The average molecular weight is 252 g/mol. The highest BCUT2D eigenvalue weighted by molar-refractivity contribution is 5.76. The lowest BCUT2D eigenvalue weighted by molar-refractivity contribution is -0.146. The monoisotopic (exact) mass is 252 g/mol. The minimum absolute atomic E-state index is 0.104. The van der Waals surface area contributed by atoms with Gasteiger partial charge in [-0.3, -0.25) is 14.7 Å². The van der Waals surface area contributed by atoms with E-state index < -0.39 is 0 Å². The van der Waals surface area contributed by atoms with Crippen molar-refractivity contribution in [3.8, 4) is 0 Å². The second-order valence-corrected chi connectivity index (χ2v) is 5.57. The number of hydrogen-bond donors (Lipinski definition) is 0. The second kappa shape index (κ2) is 6.32. The summed E-state index contributed by atoms with van der Waals surface area (Å²) in [5, 5.41) is 0. The largest absolute Gasteiger partial charge is 0.468 e. The number of rotatable bonds is 4. The summed E-state index contributed by atoms with van der Waals surface area (Å²) in [5.74, 6) is 0.631. The Hall–Kier alpha value is -0.900. The van der Waals surface area contributed by atoms with E-state index in [1.807, 2.05) is 0 Å². The molecule has 4 nitrogen and oxygen atoms in total. The quantitative estimate of drug-likeness (QED) is 0.567. The first-order valence-corrected chi connectivity index (χ1v) is 7.02. The highest BCUT2D eigenvalue weighted by atomic mass is 16.5. The third kappa shape index (κ3) is 3.10. The molecule has 1 aliphatic carbocycles. The Labute approximate surface area is 109 Å². The molecule has 0 aromatic carbocycles. The lowest BCUT2D eigenvalue weighted by Crippen LogP contribution is -2.40. The van der Waals surface area contributed by atoms with Gasteiger partial charge in [-0.2, -0.15) is 0 Å². The van der Waals surface area contributed by atoms with E-state index in [1.54, 1.807) is 0 Å². The zero-order valence-electron chi connectivity index (χ0n) is 11.3. The summed E-state index contributed by atoms with van der Waals surface area (Å²) in [4.78, 5) is 18.2. The van der Waals surface area contributed by atoms with Crippen molar-refractivity contribution in [1.82, 2.24) is 4.90 Å². The zero-order valence-corrected chi connectivity index (χ0v) is 11.3. The molecule has 4 heteroatoms. The fourth-order valence-electron chi connectivity index (χ4n) is 3.30. The van der Waals surface area contributed by atoms with Crippen molar-refractivity contribution in [1.29, 1.82) is 0 Å². The van der Waals surface area contributed by atoms with Gasteiger partial charge in [-0.1, -0.05) is 19.3 Å². The summed E-state index contributed by atoms with van der Waals surface area (Å²) in [6.07, 6.45) is 7.42. The first-order valence-electron chi connectivity index (χ1n) is 7.02. The van der Waals surface area contributed by atoms with E-state index >= 15 is 0 Å². The van der Waals surface area contributed by atoms with Crippen LogP contribution in [0.5, 0.6) is 0 Å². The molecule has 0 radical (unpaired) electrons. The van der Waals surface area contributed by atoms with Gasteiger partial charge in [0.2, 0.25) is 0 Å². The number of likely N-dealkylation sites (tertiary alicyclic amines) is 1. The van der Waals surface area contributed by atoms with Crippen molar-refractivity contribution >= 4 is 12.7 Å². The smallest absolute Gasteiger partial charge is 0.323 e. The molecule has 1 saturated carbocycles. The lowest BCUT2D eigenvalue weighted by Gasteiger charge is -2.29. The minimum atomic E-state index is -0.114. The number of methoxy groups -OCH3 is 1. The number of nitrogens with zero attached hydrogens (tertiary/aromatic N) is 2. The maximum Gasteiger partial charge on any atom is 0.323 e. The summed E-state index contributed by atoms with van der Waals surface area (Å²) in [5.41, 5.74) is 0. The van der Waals surface area contributed by atoms with Gasteiger partial charge in [0.15, 0.2) is 0 Å². The number of carbonyl (C=O) groups excluding carboxylic acids is 1. The fourth-order valence-corrected chi connectivity index (χ4v) is 3.30. The highest BCUT2D eigenvalue weighted by Crippen LogP contribution is 2.28. The molecule has 0 aromatic rings. The summed E-state index contributed by atoms with van der Waals surface area (Å²) in [6.45, 7) is 5.50. The van der Waals surface area contributed by atoms with Gasteiger partial charge in [-0.05, 0) is 31.9 Å². The molecule has 0 spiro atoms. The van der Waals surface area contributed by atoms with E-state index in [4.69, 9.17) is 4.74 Å². The predicted molar refractivity (Wildman–Crippen MR) is 71.9 cm³/mol. The topological polar surface area (TPSA) is 41.9 Å². The van der Waals surface area contributed by atoms with Crippen LogP contribution in [0.2, 0.25) is 0 Å². The van der Waals surface area contributed by atoms with Crippen molar-refractivity contribution < 1.29 is 9.53 Å². The summed E-state index contributed by atoms with van der Waals surface area (Å²) in [6, 6.07) is 0.0881. The minimum Gasteiger partial charge on any atom is -0.468 e. The van der Waals surface area contributed by atoms with Crippen LogP contribution in [0.4, 0.5) is 0 Å². The van der Waals surface area contributed by atoms with Gasteiger partial charge < -0.3 is 4.74 Å². The summed E-state index contributed by atoms with van der Waals surface area (Å²) >= 11 is 0. The van der Waals surface area contributed by atoms with Crippen LogP contribution in [-0.4, -0.2) is 49.9 Å². The Bertz CT molecular complexity index is 300. The van der Waals surface area contributed by atoms with Crippen LogP contribution in [0.25, 0.3) is 0 Å². The highest BCUT2D eigenvalue weighted by Gasteiger charge is 2.38. The van der Waals surface area contributed by atoms with Crippen LogP contribution < -0.4 is 0 Å². The van der Waals surface area contributed by atoms with Crippen LogP contribution in [0.1, 0.15) is 38.5 Å². The van der Waals surface area contributed by atoms with Gasteiger partial charge in [0.25, 0.3) is 0 Å². The van der Waals surface area contributed by atoms with E-state index in [9.17, 15) is 4.79 Å². The Morgan fingerprint density at radius 3 is 2.72 bits per heavy atom. The molecule has 0 N–H and O–H groups in total. The third-order valence-electron chi connectivity index (χ3n) is 4.33. The fraction of sp³-hybridized carbons (Fsp3) is 0.857. The standard InChI is InChI=1S/C14H24N2O2/c1-15-12-8-13(14(17)18-2)16(10-12)9-11-6-4-3-5-7-11/h11-13H,1,3-10H2,2H3/t12-,13-/m0/s1. The van der Waals surface area contributed by atoms with Crippen molar-refractivity contribution in [2.75, 3.05) is 20.2 Å². The van der Waals surface area contributed by atoms with E-state index in [0.717, 1.165) is 25.4 Å². The van der Waals surface area contributed by atoms with Gasteiger partial charge >= 0.3 is 5.97 Å². The van der Waals surface area contributed by atoms with E-state index in [1.165, 1.54) is 39.2 Å². The van der Waals surface area contributed by atoms with Crippen LogP contribution >= 0.6 is 0 Å². The summed E-state index contributed by atoms with van der Waals surface area (Å²) < 4.78 is 4.90. The average Bonchev–Trinajstić information content (AvgIpc) is 2.82. The van der Waals surface area contributed by atoms with Gasteiger partial charge in [0.1, 0.15) is 6.04 Å². The molecule has 0 amide bonds. The molecule has 102 valence electrons. The Kier molecular flexibility index (Phi) is 4.75. The molecule has 0 unspecified atom stereocenters. The van der Waals surface area contributed by atoms with E-state index in [-0.39, 0.29) is 18.1 Å². The Balaban J connectivity index is 1.94. The van der Waals surface area contributed by atoms with Gasteiger partial charge in [-0.15, -0.1) is 0 Å². The molecule has 2 aliphatic rings. The molecular weight excluding hydrogens is 228 g/mol. The molecule has 0 aromatic heterocycles. The van der Waals surface area contributed by atoms with Gasteiger partial charge in [0, 0.05) is 13.1 Å². The van der Waals surface area contributed by atoms with Crippen molar-refractivity contribution in [3.05, 3.63) is 0 Å². The summed E-state index contributed by atoms with van der Waals surface area (Å²) in [7, 11) is 1.47. The van der Waals surface area contributed by atoms with Crippen molar-refractivity contribution in [3.63, 3.8) is 0 Å². The molecule has 0 bridgehead atoms. The predicted octanol–water partition coefficient (Wildman–Crippen LogP) is 1.88. The third-order valence-corrected chi connectivity index (χ3v) is 4.33. The molecular formula is C14H24N2O2. The molecule has 18 heavy (non-hydrogen) atoms. The maximum atomic E-state index is 11.8. The van der Waals surface area contributed by atoms with Crippen LogP contribution in [-0.2, 0) is 9.53 Å². The first kappa shape index (κ1) is 13.5. The number of carbonyl (C=O) groups is 1. The molecule has 2 rings (SSSR count). The molecule has 2 fully saturated rings. The molecule has 1 heterocycles. The number of esters is 1. The Morgan fingerprint density at radius 2 is 2.11 bits per heavy atom. The SMILES string of the molecule is C=N[C@H]1C[C@@H](C(=O)OC)N(CC2CCCCC2)C1. The second-order valence-electron chi connectivity index (χ2n) is 5.57. The van der Waals surface area contributed by atoms with Crippen molar-refractivity contribution in [2.45, 2.75) is 50.6 Å². The van der Waals surface area contributed by atoms with Gasteiger partial charge in [0.05, 0.1) is 13.2 Å². The zero-order chi connectivity index (χ0) is 13.0. The first-order chi connectivity index (χ1) is 8.74. The van der Waals surface area contributed by atoms with E-state index in [0.29, 0.717) is 0 Å². The molecule has 1 aliphatic heterocycles. The van der Waals surface area contributed by atoms with Crippen LogP contribution in [0, 0.1) is 5.92 Å². The number of hydrogen-bond acceptors (Lipinski definition) is 4. The van der Waals surface area contributed by atoms with Crippen LogP contribution in [0.15, 0.2) is 4.99 Å². The molecule has 2 atom stereocenters. The normalized spacial score (nSPS) is 30.3. The van der Waals surface area contributed by atoms with Crippen LogP contribution in [0.3, 0.4) is 0 Å². The number of aliphatic imine (C=N–C) groups is 1. The molecule has 1 saturated heterocycles. The lowest BCUT2D eigenvalue weighted by atomic mass is 9.89. The van der Waals surface area contributed by atoms with Gasteiger partial charge in [-0.25, -0.2) is 0 Å². The van der Waals surface area contributed by atoms with E-state index in [2.05, 4.69) is 16.6 Å². The van der Waals surface area contributed by atoms with Crippen molar-refractivity contribution in [2.24, 2.45) is 10.9 Å². The number of ether oxygens (including phenoxy) is 1. The Morgan fingerprint density at radius 1 is 1.39 bits per heavy atom. The maximum absolute atomic E-state index is 11.8.